The van der Waals surface area contributed by atoms with E-state index in [0.29, 0.717) is 35.3 Å². The Hall–Kier alpha value is -3.99. The zero-order valence-electron chi connectivity index (χ0n) is 23.4. The highest BCUT2D eigenvalue weighted by Crippen LogP contribution is 2.30. The van der Waals surface area contributed by atoms with Gasteiger partial charge in [0.25, 0.3) is 5.91 Å². The topological polar surface area (TPSA) is 92.1 Å². The smallest absolute Gasteiger partial charge is 0.255 e. The SMILES string of the molecule is CCN(CC)[C@@H]1CCN(C(=O)c2ccc(Nc3ncc(F)c(-c4cc(F)c5nc(C)n(C(C)C)c5c4)n3)nc2)C1. The summed E-state index contributed by atoms with van der Waals surface area (Å²) in [7, 11) is 0. The Morgan fingerprint density at radius 3 is 2.55 bits per heavy atom. The van der Waals surface area contributed by atoms with Crippen LogP contribution < -0.4 is 5.32 Å². The fourth-order valence-electron chi connectivity index (χ4n) is 5.54. The van der Waals surface area contributed by atoms with Crippen LogP contribution in [-0.4, -0.2) is 72.4 Å². The second-order valence-electron chi connectivity index (χ2n) is 10.3. The van der Waals surface area contributed by atoms with Crippen LogP contribution >= 0.6 is 0 Å². The Bertz CT molecular complexity index is 1530. The number of fused-ring (bicyclic) bond motifs is 1. The second-order valence-corrected chi connectivity index (χ2v) is 10.3. The van der Waals surface area contributed by atoms with Gasteiger partial charge in [-0.1, -0.05) is 13.8 Å². The number of hydrogen-bond acceptors (Lipinski definition) is 7. The molecular weight excluding hydrogens is 514 g/mol. The zero-order chi connectivity index (χ0) is 28.6. The van der Waals surface area contributed by atoms with Crippen LogP contribution in [0.5, 0.6) is 0 Å². The van der Waals surface area contributed by atoms with E-state index in [0.717, 1.165) is 32.3 Å². The summed E-state index contributed by atoms with van der Waals surface area (Å²) in [5.41, 5.74) is 1.53. The zero-order valence-corrected chi connectivity index (χ0v) is 23.4. The Morgan fingerprint density at radius 1 is 1.10 bits per heavy atom. The summed E-state index contributed by atoms with van der Waals surface area (Å²) in [6.45, 7) is 13.4. The number of amides is 1. The van der Waals surface area contributed by atoms with Crippen LogP contribution in [0, 0.1) is 18.6 Å². The number of pyridine rings is 1. The van der Waals surface area contributed by atoms with Crippen LogP contribution in [0.2, 0.25) is 0 Å². The van der Waals surface area contributed by atoms with E-state index in [9.17, 15) is 13.6 Å². The highest BCUT2D eigenvalue weighted by Gasteiger charge is 2.29. The predicted molar refractivity (Wildman–Crippen MR) is 151 cm³/mol. The number of hydrogen-bond donors (Lipinski definition) is 1. The van der Waals surface area contributed by atoms with E-state index in [1.165, 1.54) is 12.3 Å². The van der Waals surface area contributed by atoms with Gasteiger partial charge in [-0.3, -0.25) is 9.69 Å². The summed E-state index contributed by atoms with van der Waals surface area (Å²) < 4.78 is 31.7. The molecule has 0 bridgehead atoms. The molecule has 40 heavy (non-hydrogen) atoms. The van der Waals surface area contributed by atoms with E-state index in [4.69, 9.17) is 0 Å². The molecule has 0 aliphatic carbocycles. The van der Waals surface area contributed by atoms with Crippen LogP contribution in [0.1, 0.15) is 56.3 Å². The Morgan fingerprint density at radius 2 is 1.88 bits per heavy atom. The summed E-state index contributed by atoms with van der Waals surface area (Å²) in [4.78, 5) is 34.3. The Balaban J connectivity index is 1.35. The van der Waals surface area contributed by atoms with Gasteiger partial charge in [-0.05, 0) is 64.5 Å². The quantitative estimate of drug-likeness (QED) is 0.317. The fourth-order valence-corrected chi connectivity index (χ4v) is 5.54. The number of aromatic nitrogens is 5. The van der Waals surface area contributed by atoms with Crippen molar-refractivity contribution in [2.45, 2.75) is 53.1 Å². The third kappa shape index (κ3) is 5.25. The second kappa shape index (κ2) is 11.2. The average Bonchev–Trinajstić information content (AvgIpc) is 3.55. The maximum atomic E-state index is 15.0. The van der Waals surface area contributed by atoms with Crippen molar-refractivity contribution < 1.29 is 13.6 Å². The van der Waals surface area contributed by atoms with E-state index >= 15 is 0 Å². The van der Waals surface area contributed by atoms with Crippen LogP contribution in [0.15, 0.2) is 36.7 Å². The molecule has 5 rings (SSSR count). The summed E-state index contributed by atoms with van der Waals surface area (Å²) in [6, 6.07) is 6.70. The Kier molecular flexibility index (Phi) is 7.75. The highest BCUT2D eigenvalue weighted by atomic mass is 19.1. The molecule has 1 fully saturated rings. The molecule has 11 heteroatoms. The molecule has 1 saturated heterocycles. The molecule has 1 aliphatic heterocycles. The largest absolute Gasteiger partial charge is 0.337 e. The first kappa shape index (κ1) is 27.6. The number of nitrogens with one attached hydrogen (secondary N) is 1. The van der Waals surface area contributed by atoms with Gasteiger partial charge in [-0.25, -0.2) is 28.7 Å². The maximum absolute atomic E-state index is 15.0. The third-order valence-electron chi connectivity index (χ3n) is 7.49. The molecule has 1 atom stereocenters. The standard InChI is InChI=1S/C29H34F2N8O/c1-6-37(7-2)21-10-11-38(16-21)28(40)19-8-9-25(32-14-19)35-29-33-15-23(31)26(36-29)20-12-22(30)27-24(13-20)39(17(3)4)18(5)34-27/h8-9,12-15,17,21H,6-7,10-11,16H2,1-5H3,(H,32,33,35,36)/t21-/m1/s1. The van der Waals surface area contributed by atoms with Crippen LogP contribution in [0.25, 0.3) is 22.3 Å². The molecule has 0 spiro atoms. The maximum Gasteiger partial charge on any atom is 0.255 e. The summed E-state index contributed by atoms with van der Waals surface area (Å²) >= 11 is 0. The molecule has 1 amide bonds. The van der Waals surface area contributed by atoms with Crippen molar-refractivity contribution >= 4 is 28.7 Å². The minimum absolute atomic E-state index is 0.0438. The molecule has 210 valence electrons. The molecule has 4 aromatic rings. The first-order chi connectivity index (χ1) is 19.2. The minimum Gasteiger partial charge on any atom is -0.337 e. The lowest BCUT2D eigenvalue weighted by molar-refractivity contribution is 0.0777. The van der Waals surface area contributed by atoms with E-state index in [2.05, 4.69) is 44.0 Å². The summed E-state index contributed by atoms with van der Waals surface area (Å²) in [5, 5.41) is 2.96. The fraction of sp³-hybridized carbons (Fsp3) is 0.414. The molecule has 0 radical (unpaired) electrons. The van der Waals surface area contributed by atoms with Crippen molar-refractivity contribution in [2.24, 2.45) is 0 Å². The van der Waals surface area contributed by atoms with Crippen LogP contribution in [-0.2, 0) is 0 Å². The van der Waals surface area contributed by atoms with Gasteiger partial charge in [0.2, 0.25) is 5.95 Å². The Labute approximate surface area is 232 Å². The molecule has 0 saturated carbocycles. The van der Waals surface area contributed by atoms with E-state index < -0.39 is 11.6 Å². The van der Waals surface area contributed by atoms with Crippen molar-refractivity contribution in [3.05, 3.63) is 59.7 Å². The molecule has 4 heterocycles. The van der Waals surface area contributed by atoms with Gasteiger partial charge in [-0.15, -0.1) is 0 Å². The number of likely N-dealkylation sites (tertiary alicyclic amines) is 1. The number of halogens is 2. The highest BCUT2D eigenvalue weighted by molar-refractivity contribution is 5.94. The minimum atomic E-state index is -0.681. The average molecular weight is 549 g/mol. The van der Waals surface area contributed by atoms with Crippen molar-refractivity contribution in [3.8, 4) is 11.3 Å². The number of imidazole rings is 1. The first-order valence-electron chi connectivity index (χ1n) is 13.7. The number of aryl methyl sites for hydroxylation is 1. The number of likely N-dealkylation sites (N-methyl/N-ethyl adjacent to an activating group) is 1. The molecule has 1 aromatic carbocycles. The summed E-state index contributed by atoms with van der Waals surface area (Å²) in [5.74, 6) is -0.120. The van der Waals surface area contributed by atoms with Crippen molar-refractivity contribution in [1.29, 1.82) is 0 Å². The molecular formula is C29H34F2N8O. The van der Waals surface area contributed by atoms with Crippen molar-refractivity contribution in [1.82, 2.24) is 34.3 Å². The lowest BCUT2D eigenvalue weighted by Gasteiger charge is -2.26. The van der Waals surface area contributed by atoms with Gasteiger partial charge in [0.15, 0.2) is 11.6 Å². The van der Waals surface area contributed by atoms with E-state index in [1.807, 2.05) is 30.2 Å². The number of rotatable bonds is 8. The van der Waals surface area contributed by atoms with Gasteiger partial charge in [-0.2, -0.15) is 0 Å². The first-order valence-corrected chi connectivity index (χ1v) is 13.7. The lowest BCUT2D eigenvalue weighted by Crippen LogP contribution is -2.38. The molecule has 9 nitrogen and oxygen atoms in total. The summed E-state index contributed by atoms with van der Waals surface area (Å²) in [6.07, 6.45) is 3.51. The number of benzene rings is 1. The molecule has 3 aromatic heterocycles. The number of anilines is 2. The molecule has 0 unspecified atom stereocenters. The number of carbonyl (C=O) groups is 1. The normalized spacial score (nSPS) is 15.5. The molecule has 1 N–H and O–H groups in total. The molecule has 1 aliphatic rings. The van der Waals surface area contributed by atoms with Gasteiger partial charge in [0.05, 0.1) is 17.3 Å². The van der Waals surface area contributed by atoms with Crippen LogP contribution in [0.4, 0.5) is 20.5 Å². The van der Waals surface area contributed by atoms with Gasteiger partial charge >= 0.3 is 0 Å². The van der Waals surface area contributed by atoms with Gasteiger partial charge < -0.3 is 14.8 Å². The van der Waals surface area contributed by atoms with E-state index in [1.54, 1.807) is 18.2 Å². The monoisotopic (exact) mass is 548 g/mol. The van der Waals surface area contributed by atoms with Crippen LogP contribution in [0.3, 0.4) is 0 Å². The number of nitrogens with zero attached hydrogens (tertiary/aromatic N) is 7. The predicted octanol–water partition coefficient (Wildman–Crippen LogP) is 5.36. The van der Waals surface area contributed by atoms with Gasteiger partial charge in [0, 0.05) is 36.9 Å². The third-order valence-corrected chi connectivity index (χ3v) is 7.49. The number of carbonyl (C=O) groups excluding carboxylic acids is 1. The van der Waals surface area contributed by atoms with Crippen molar-refractivity contribution in [2.75, 3.05) is 31.5 Å². The van der Waals surface area contributed by atoms with Crippen molar-refractivity contribution in [3.63, 3.8) is 0 Å². The lowest BCUT2D eigenvalue weighted by atomic mass is 10.1. The van der Waals surface area contributed by atoms with E-state index in [-0.39, 0.29) is 34.7 Å². The van der Waals surface area contributed by atoms with Gasteiger partial charge in [0.1, 0.15) is 22.9 Å².